The van der Waals surface area contributed by atoms with Crippen LogP contribution in [0.25, 0.3) is 32.9 Å². The van der Waals surface area contributed by atoms with Crippen LogP contribution in [0.3, 0.4) is 0 Å². The van der Waals surface area contributed by atoms with Crippen LogP contribution in [0.1, 0.15) is 18.4 Å². The third-order valence-electron chi connectivity index (χ3n) is 6.61. The number of aromatic nitrogens is 3. The van der Waals surface area contributed by atoms with E-state index in [1.807, 2.05) is 4.90 Å². The summed E-state index contributed by atoms with van der Waals surface area (Å²) in [6, 6.07) is 8.69. The number of halogens is 2. The number of hydrogen-bond donors (Lipinski definition) is 2. The number of anilines is 1. The van der Waals surface area contributed by atoms with Crippen molar-refractivity contribution in [1.82, 2.24) is 20.3 Å². The van der Waals surface area contributed by atoms with Gasteiger partial charge >= 0.3 is 5.69 Å². The fourth-order valence-electron chi connectivity index (χ4n) is 5.16. The minimum atomic E-state index is -0.703. The second kappa shape index (κ2) is 7.36. The fourth-order valence-corrected chi connectivity index (χ4v) is 5.16. The molecule has 2 fully saturated rings. The number of nitrogens with zero attached hydrogens (tertiary/aromatic N) is 3. The third kappa shape index (κ3) is 3.08. The van der Waals surface area contributed by atoms with E-state index in [9.17, 15) is 9.18 Å². The normalized spacial score (nSPS) is 19.8. The summed E-state index contributed by atoms with van der Waals surface area (Å²) in [5.41, 5.74) is -0.212. The molecule has 2 aliphatic heterocycles. The number of terminal acetylenes is 1. The number of aromatic amines is 1. The molecule has 6 rings (SSSR count). The molecule has 2 saturated heterocycles. The molecule has 0 spiro atoms. The Bertz CT molecular complexity index is 1530. The van der Waals surface area contributed by atoms with Crippen LogP contribution in [0.4, 0.5) is 14.6 Å². The predicted molar refractivity (Wildman–Crippen MR) is 123 cm³/mol. The molecule has 0 aliphatic carbocycles. The highest BCUT2D eigenvalue weighted by Gasteiger charge is 2.34. The first-order chi connectivity index (χ1) is 16.0. The van der Waals surface area contributed by atoms with Gasteiger partial charge in [-0.1, -0.05) is 30.2 Å². The van der Waals surface area contributed by atoms with Gasteiger partial charge in [0.2, 0.25) is 0 Å². The first-order valence-electron chi connectivity index (χ1n) is 10.8. The highest BCUT2D eigenvalue weighted by Crippen LogP contribution is 2.36. The van der Waals surface area contributed by atoms with Crippen molar-refractivity contribution < 1.29 is 8.78 Å². The van der Waals surface area contributed by atoms with Gasteiger partial charge in [-0.15, -0.1) is 6.42 Å². The summed E-state index contributed by atoms with van der Waals surface area (Å²) in [5, 5.41) is 5.04. The van der Waals surface area contributed by atoms with Crippen molar-refractivity contribution >= 4 is 27.5 Å². The molecule has 2 N–H and O–H groups in total. The Morgan fingerprint density at radius 3 is 2.67 bits per heavy atom. The van der Waals surface area contributed by atoms with Gasteiger partial charge in [0.15, 0.2) is 5.82 Å². The van der Waals surface area contributed by atoms with Crippen LogP contribution in [0.2, 0.25) is 0 Å². The van der Waals surface area contributed by atoms with Crippen molar-refractivity contribution in [3.05, 3.63) is 64.2 Å². The molecule has 0 radical (unpaired) electrons. The third-order valence-corrected chi connectivity index (χ3v) is 6.61. The summed E-state index contributed by atoms with van der Waals surface area (Å²) < 4.78 is 30.3. The maximum atomic E-state index is 15.9. The first kappa shape index (κ1) is 19.8. The lowest BCUT2D eigenvalue weighted by Gasteiger charge is -2.34. The van der Waals surface area contributed by atoms with Gasteiger partial charge in [-0.05, 0) is 24.3 Å². The lowest BCUT2D eigenvalue weighted by molar-refractivity contribution is 0.464. The van der Waals surface area contributed by atoms with E-state index >= 15 is 4.39 Å². The van der Waals surface area contributed by atoms with E-state index in [4.69, 9.17) is 6.42 Å². The average molecular weight is 443 g/mol. The Balaban J connectivity index is 1.57. The first-order valence-corrected chi connectivity index (χ1v) is 10.8. The van der Waals surface area contributed by atoms with E-state index in [2.05, 4.69) is 26.2 Å². The highest BCUT2D eigenvalue weighted by atomic mass is 19.1. The van der Waals surface area contributed by atoms with Crippen LogP contribution in [0, 0.1) is 24.0 Å². The number of fused-ring (bicyclic) bond motifs is 4. The van der Waals surface area contributed by atoms with Crippen molar-refractivity contribution in [2.75, 3.05) is 18.0 Å². The van der Waals surface area contributed by atoms with Crippen molar-refractivity contribution in [1.29, 1.82) is 0 Å². The highest BCUT2D eigenvalue weighted by molar-refractivity contribution is 6.02. The van der Waals surface area contributed by atoms with Crippen LogP contribution in [-0.2, 0) is 0 Å². The van der Waals surface area contributed by atoms with Crippen LogP contribution >= 0.6 is 0 Å². The standard InChI is InChI=1S/C25H19F2N5O/c1-2-16-19(26)9-6-13-4-3-5-17(20(13)16)22-21(27)23-18(10-28-22)24(31-25(33)30-23)32-11-14-7-8-15(12-32)29-14/h1,3-6,9-10,14-15,29H,7-8,11-12H2,(H,30,31,33). The number of hydrogen-bond acceptors (Lipinski definition) is 5. The number of H-pyrrole nitrogens is 1. The molecular formula is C25H19F2N5O. The van der Waals surface area contributed by atoms with E-state index in [-0.39, 0.29) is 16.8 Å². The van der Waals surface area contributed by atoms with Crippen LogP contribution < -0.4 is 15.9 Å². The summed E-state index contributed by atoms with van der Waals surface area (Å²) in [4.78, 5) is 25.5. The monoisotopic (exact) mass is 443 g/mol. The summed E-state index contributed by atoms with van der Waals surface area (Å²) >= 11 is 0. The van der Waals surface area contributed by atoms with Crippen molar-refractivity contribution in [2.24, 2.45) is 0 Å². The second-order valence-electron chi connectivity index (χ2n) is 8.59. The van der Waals surface area contributed by atoms with Gasteiger partial charge < -0.3 is 15.2 Å². The number of nitrogens with one attached hydrogen (secondary N) is 2. The fraction of sp³-hybridized carbons (Fsp3) is 0.240. The Morgan fingerprint density at radius 1 is 1.12 bits per heavy atom. The predicted octanol–water partition coefficient (Wildman–Crippen LogP) is 3.34. The van der Waals surface area contributed by atoms with Gasteiger partial charge in [-0.3, -0.25) is 4.98 Å². The molecule has 0 saturated carbocycles. The van der Waals surface area contributed by atoms with Gasteiger partial charge in [-0.25, -0.2) is 13.6 Å². The van der Waals surface area contributed by atoms with E-state index in [1.54, 1.807) is 24.3 Å². The van der Waals surface area contributed by atoms with E-state index in [1.165, 1.54) is 12.3 Å². The Hall–Kier alpha value is -3.83. The van der Waals surface area contributed by atoms with Crippen molar-refractivity contribution in [3.8, 4) is 23.6 Å². The largest absolute Gasteiger partial charge is 0.353 e. The molecular weight excluding hydrogens is 424 g/mol. The number of piperazine rings is 1. The Kier molecular flexibility index (Phi) is 4.42. The lowest BCUT2D eigenvalue weighted by Crippen LogP contribution is -2.51. The summed E-state index contributed by atoms with van der Waals surface area (Å²) in [5.74, 6) is 1.54. The molecule has 2 bridgehead atoms. The smallest absolute Gasteiger partial charge is 0.347 e. The molecule has 2 aromatic carbocycles. The molecule has 6 nitrogen and oxygen atoms in total. The van der Waals surface area contributed by atoms with Crippen LogP contribution in [0.5, 0.6) is 0 Å². The van der Waals surface area contributed by atoms with Gasteiger partial charge in [0, 0.05) is 42.3 Å². The van der Waals surface area contributed by atoms with E-state index in [0.717, 1.165) is 12.8 Å². The van der Waals surface area contributed by atoms with Crippen LogP contribution in [-0.4, -0.2) is 40.1 Å². The Labute approximate surface area is 187 Å². The summed E-state index contributed by atoms with van der Waals surface area (Å²) in [6.45, 7) is 1.39. The maximum Gasteiger partial charge on any atom is 0.347 e. The summed E-state index contributed by atoms with van der Waals surface area (Å²) in [7, 11) is 0. The molecule has 2 aliphatic rings. The van der Waals surface area contributed by atoms with Crippen LogP contribution in [0.15, 0.2) is 41.3 Å². The molecule has 2 aromatic heterocycles. The SMILES string of the molecule is C#Cc1c(F)ccc2cccc(-c3ncc4c(N5CC6CCC(C5)N6)nc(=O)[nH]c4c3F)c12. The van der Waals surface area contributed by atoms with Crippen molar-refractivity contribution in [3.63, 3.8) is 0 Å². The minimum Gasteiger partial charge on any atom is -0.353 e. The average Bonchev–Trinajstić information content (AvgIpc) is 3.16. The number of rotatable bonds is 2. The molecule has 164 valence electrons. The molecule has 33 heavy (non-hydrogen) atoms. The summed E-state index contributed by atoms with van der Waals surface area (Å²) in [6.07, 6.45) is 9.22. The molecule has 0 amide bonds. The quantitative estimate of drug-likeness (QED) is 0.465. The van der Waals surface area contributed by atoms with Gasteiger partial charge in [0.25, 0.3) is 0 Å². The number of benzene rings is 2. The van der Waals surface area contributed by atoms with Gasteiger partial charge in [-0.2, -0.15) is 4.98 Å². The number of pyridine rings is 1. The zero-order valence-electron chi connectivity index (χ0n) is 17.5. The molecule has 2 unspecified atom stereocenters. The Morgan fingerprint density at radius 2 is 1.91 bits per heavy atom. The second-order valence-corrected chi connectivity index (χ2v) is 8.59. The van der Waals surface area contributed by atoms with E-state index in [0.29, 0.717) is 52.7 Å². The molecule has 4 heterocycles. The molecule has 4 aromatic rings. The van der Waals surface area contributed by atoms with Crippen molar-refractivity contribution in [2.45, 2.75) is 24.9 Å². The zero-order chi connectivity index (χ0) is 22.7. The van der Waals surface area contributed by atoms with Gasteiger partial charge in [0.1, 0.15) is 17.3 Å². The zero-order valence-corrected chi connectivity index (χ0v) is 17.5. The molecule has 8 heteroatoms. The topological polar surface area (TPSA) is 73.9 Å². The van der Waals surface area contributed by atoms with Gasteiger partial charge in [0.05, 0.1) is 16.5 Å². The van der Waals surface area contributed by atoms with E-state index < -0.39 is 17.3 Å². The lowest BCUT2D eigenvalue weighted by atomic mass is 9.96. The minimum absolute atomic E-state index is 0.0108. The molecule has 2 atom stereocenters. The maximum absolute atomic E-state index is 15.9.